The molecule has 0 aromatic carbocycles. The van der Waals surface area contributed by atoms with E-state index in [1.165, 1.54) is 19.3 Å². The van der Waals surface area contributed by atoms with Crippen LogP contribution >= 0.6 is 15.9 Å². The number of amides is 2. The van der Waals surface area contributed by atoms with Crippen LogP contribution in [0.3, 0.4) is 0 Å². The van der Waals surface area contributed by atoms with E-state index < -0.39 is 49.3 Å². The Balaban J connectivity index is 2.20. The number of hydrogen-bond donors (Lipinski definition) is 1. The molecule has 164 valence electrons. The van der Waals surface area contributed by atoms with Gasteiger partial charge in [-0.1, -0.05) is 0 Å². The zero-order chi connectivity index (χ0) is 22.5. The van der Waals surface area contributed by atoms with E-state index in [2.05, 4.69) is 45.7 Å². The maximum Gasteiger partial charge on any atom is 0.422 e. The van der Waals surface area contributed by atoms with E-state index in [1.54, 1.807) is 6.07 Å². The van der Waals surface area contributed by atoms with Gasteiger partial charge in [-0.25, -0.2) is 9.78 Å². The largest absolute Gasteiger partial charge is 0.468 e. The van der Waals surface area contributed by atoms with Crippen molar-refractivity contribution in [2.24, 2.45) is 0 Å². The summed E-state index contributed by atoms with van der Waals surface area (Å²) in [5.41, 5.74) is 0.328. The number of aromatic nitrogens is 3. The van der Waals surface area contributed by atoms with E-state index in [1.807, 2.05) is 0 Å². The van der Waals surface area contributed by atoms with Gasteiger partial charge in [0.05, 0.1) is 18.0 Å². The van der Waals surface area contributed by atoms with Gasteiger partial charge in [-0.05, 0) is 28.1 Å². The average molecular weight is 504 g/mol. The molecule has 2 amide bonds. The highest BCUT2D eigenvalue weighted by molar-refractivity contribution is 9.10. The molecule has 30 heavy (non-hydrogen) atoms. The van der Waals surface area contributed by atoms with Gasteiger partial charge < -0.3 is 9.47 Å². The van der Waals surface area contributed by atoms with Crippen molar-refractivity contribution in [3.8, 4) is 11.8 Å². The number of nitrogens with one attached hydrogen (secondary N) is 1. The molecule has 0 fully saturated rings. The van der Waals surface area contributed by atoms with Gasteiger partial charge in [-0.3, -0.25) is 10.2 Å². The van der Waals surface area contributed by atoms with Crippen molar-refractivity contribution in [1.82, 2.24) is 15.0 Å². The van der Waals surface area contributed by atoms with Crippen molar-refractivity contribution in [3.05, 3.63) is 29.0 Å². The van der Waals surface area contributed by atoms with Crippen LogP contribution in [0.1, 0.15) is 0 Å². The standard InChI is InChI=1S/C15H12BrF6N5O3/c1-27(8-2-3-9(16)23-5-8)13(28)26-12-24-10(29-6-14(17,18)19)4-11(25-12)30-7-15(20,21)22/h2-5H,6-7H2,1H3,(H,24,25,26,28). The number of anilines is 2. The smallest absolute Gasteiger partial charge is 0.422 e. The van der Waals surface area contributed by atoms with E-state index >= 15 is 0 Å². The molecule has 0 saturated heterocycles. The van der Waals surface area contributed by atoms with Gasteiger partial charge in [-0.2, -0.15) is 36.3 Å². The number of halogens is 7. The first-order chi connectivity index (χ1) is 13.8. The third-order valence-electron chi connectivity index (χ3n) is 3.07. The van der Waals surface area contributed by atoms with Gasteiger partial charge in [0.1, 0.15) is 4.60 Å². The SMILES string of the molecule is CN(C(=O)Nc1nc(OCC(F)(F)F)cc(OCC(F)(F)F)n1)c1ccc(Br)nc1. The molecule has 2 heterocycles. The number of pyridine rings is 1. The van der Waals surface area contributed by atoms with Crippen molar-refractivity contribution in [1.29, 1.82) is 0 Å². The fourth-order valence-corrected chi connectivity index (χ4v) is 2.02. The Morgan fingerprint density at radius 3 is 2.03 bits per heavy atom. The zero-order valence-electron chi connectivity index (χ0n) is 14.9. The van der Waals surface area contributed by atoms with Crippen LogP contribution < -0.4 is 19.7 Å². The van der Waals surface area contributed by atoms with Gasteiger partial charge in [0.25, 0.3) is 0 Å². The molecule has 1 N–H and O–H groups in total. The van der Waals surface area contributed by atoms with Crippen molar-refractivity contribution in [3.63, 3.8) is 0 Å². The first-order valence-corrected chi connectivity index (χ1v) is 8.56. The molecule has 0 unspecified atom stereocenters. The minimum atomic E-state index is -4.73. The Morgan fingerprint density at radius 1 is 1.07 bits per heavy atom. The molecule has 0 aliphatic heterocycles. The Hall–Kier alpha value is -2.84. The van der Waals surface area contributed by atoms with Crippen LogP contribution in [0.25, 0.3) is 0 Å². The number of urea groups is 1. The molecular weight excluding hydrogens is 492 g/mol. The summed E-state index contributed by atoms with van der Waals surface area (Å²) < 4.78 is 83.4. The zero-order valence-corrected chi connectivity index (χ0v) is 16.5. The quantitative estimate of drug-likeness (QED) is 0.469. The molecule has 8 nitrogen and oxygen atoms in total. The van der Waals surface area contributed by atoms with Gasteiger partial charge in [0.15, 0.2) is 13.2 Å². The molecular formula is C15H12BrF6N5O3. The maximum absolute atomic E-state index is 12.3. The third kappa shape index (κ3) is 7.88. The molecule has 0 aliphatic carbocycles. The molecule has 2 aromatic heterocycles. The average Bonchev–Trinajstić information content (AvgIpc) is 2.63. The summed E-state index contributed by atoms with van der Waals surface area (Å²) in [7, 11) is 1.34. The van der Waals surface area contributed by atoms with Crippen molar-refractivity contribution in [2.75, 3.05) is 30.5 Å². The summed E-state index contributed by atoms with van der Waals surface area (Å²) >= 11 is 3.12. The maximum atomic E-state index is 12.3. The van der Waals surface area contributed by atoms with Crippen LogP contribution in [-0.4, -0.2) is 53.6 Å². The molecule has 15 heteroatoms. The topological polar surface area (TPSA) is 89.5 Å². The number of alkyl halides is 6. The summed E-state index contributed by atoms with van der Waals surface area (Å²) in [6, 6.07) is 2.85. The number of carbonyl (C=O) groups is 1. The van der Waals surface area contributed by atoms with E-state index in [-0.39, 0.29) is 0 Å². The molecule has 0 spiro atoms. The van der Waals surface area contributed by atoms with Gasteiger partial charge in [0, 0.05) is 7.05 Å². The minimum absolute atomic E-state index is 0.328. The lowest BCUT2D eigenvalue weighted by atomic mass is 10.4. The highest BCUT2D eigenvalue weighted by Gasteiger charge is 2.30. The Morgan fingerprint density at radius 2 is 1.60 bits per heavy atom. The molecule has 0 radical (unpaired) electrons. The van der Waals surface area contributed by atoms with Crippen LogP contribution in [-0.2, 0) is 0 Å². The van der Waals surface area contributed by atoms with Gasteiger partial charge in [-0.15, -0.1) is 0 Å². The first-order valence-electron chi connectivity index (χ1n) is 7.77. The molecule has 0 atom stereocenters. The fraction of sp³-hybridized carbons (Fsp3) is 0.333. The lowest BCUT2D eigenvalue weighted by Crippen LogP contribution is -2.32. The Bertz CT molecular complexity index is 842. The molecule has 2 aromatic rings. The monoisotopic (exact) mass is 503 g/mol. The third-order valence-corrected chi connectivity index (χ3v) is 3.54. The Kier molecular flexibility index (Phi) is 7.28. The van der Waals surface area contributed by atoms with Crippen molar-refractivity contribution >= 4 is 33.6 Å². The summed E-state index contributed by atoms with van der Waals surface area (Å²) in [6.07, 6.45) is -8.11. The van der Waals surface area contributed by atoms with E-state index in [0.29, 0.717) is 16.4 Å². The second-order valence-electron chi connectivity index (χ2n) is 5.50. The van der Waals surface area contributed by atoms with Gasteiger partial charge >= 0.3 is 18.4 Å². The Labute approximate surface area is 173 Å². The lowest BCUT2D eigenvalue weighted by Gasteiger charge is -2.18. The van der Waals surface area contributed by atoms with Crippen molar-refractivity contribution < 1.29 is 40.6 Å². The normalized spacial score (nSPS) is 11.7. The van der Waals surface area contributed by atoms with E-state index in [0.717, 1.165) is 4.90 Å². The van der Waals surface area contributed by atoms with E-state index in [4.69, 9.17) is 0 Å². The van der Waals surface area contributed by atoms with Crippen LogP contribution in [0.5, 0.6) is 11.8 Å². The first kappa shape index (κ1) is 23.4. The number of carbonyl (C=O) groups excluding carboxylic acids is 1. The van der Waals surface area contributed by atoms with Crippen LogP contribution in [0.15, 0.2) is 29.0 Å². The van der Waals surface area contributed by atoms with Crippen molar-refractivity contribution in [2.45, 2.75) is 12.4 Å². The molecule has 2 rings (SSSR count). The number of ether oxygens (including phenoxy) is 2. The number of hydrogen-bond acceptors (Lipinski definition) is 6. The lowest BCUT2D eigenvalue weighted by molar-refractivity contribution is -0.154. The predicted molar refractivity (Wildman–Crippen MR) is 94.5 cm³/mol. The van der Waals surface area contributed by atoms with Gasteiger partial charge in [0.2, 0.25) is 17.7 Å². The highest BCUT2D eigenvalue weighted by atomic mass is 79.9. The number of nitrogens with zero attached hydrogens (tertiary/aromatic N) is 4. The molecule has 0 aliphatic rings. The predicted octanol–water partition coefficient (Wildman–Crippen LogP) is 4.18. The summed E-state index contributed by atoms with van der Waals surface area (Å²) in [6.45, 7) is -3.53. The summed E-state index contributed by atoms with van der Waals surface area (Å²) in [4.78, 5) is 24.4. The van der Waals surface area contributed by atoms with Crippen LogP contribution in [0.2, 0.25) is 0 Å². The van der Waals surface area contributed by atoms with Crippen LogP contribution in [0, 0.1) is 0 Å². The fourth-order valence-electron chi connectivity index (χ4n) is 1.78. The van der Waals surface area contributed by atoms with E-state index in [9.17, 15) is 31.1 Å². The second-order valence-corrected chi connectivity index (χ2v) is 6.32. The second kappa shape index (κ2) is 9.32. The molecule has 0 saturated carbocycles. The highest BCUT2D eigenvalue weighted by Crippen LogP contribution is 2.24. The van der Waals surface area contributed by atoms with Crippen LogP contribution in [0.4, 0.5) is 42.8 Å². The summed E-state index contributed by atoms with van der Waals surface area (Å²) in [5.74, 6) is -2.13. The molecule has 0 bridgehead atoms. The minimum Gasteiger partial charge on any atom is -0.468 e. The summed E-state index contributed by atoms with van der Waals surface area (Å²) in [5, 5.41) is 2.13. The number of rotatable bonds is 6.